The first-order valence-corrected chi connectivity index (χ1v) is 13.3. The molecule has 0 aliphatic heterocycles. The molecule has 230 valence electrons. The van der Waals surface area contributed by atoms with Gasteiger partial charge in [-0.1, -0.05) is 34.1 Å². The molecule has 8 atom stereocenters. The summed E-state index contributed by atoms with van der Waals surface area (Å²) in [5.41, 5.74) is 11.0. The minimum Gasteiger partial charge on any atom is -0.480 e. The van der Waals surface area contributed by atoms with Gasteiger partial charge in [-0.25, -0.2) is 4.79 Å². The molecule has 0 saturated carbocycles. The first-order chi connectivity index (χ1) is 18.4. The fraction of sp³-hybridized carbons (Fsp3) is 0.760. The van der Waals surface area contributed by atoms with Crippen molar-refractivity contribution in [2.45, 2.75) is 110 Å². The molecular weight excluding hydrogens is 528 g/mol. The number of carboxylic acid groups (broad SMARTS) is 1. The Morgan fingerprint density at radius 3 is 1.55 bits per heavy atom. The maximum Gasteiger partial charge on any atom is 0.326 e. The fourth-order valence-corrected chi connectivity index (χ4v) is 3.60. The number of primary amides is 1. The molecule has 5 amide bonds. The normalized spacial score (nSPS) is 17.2. The topological polar surface area (TPSA) is 263 Å². The molecule has 15 heteroatoms. The highest BCUT2D eigenvalue weighted by atomic mass is 16.4. The van der Waals surface area contributed by atoms with Gasteiger partial charge in [0.05, 0.1) is 18.2 Å². The van der Waals surface area contributed by atoms with E-state index in [2.05, 4.69) is 21.3 Å². The lowest BCUT2D eigenvalue weighted by atomic mass is 9.98. The van der Waals surface area contributed by atoms with Crippen LogP contribution in [0.1, 0.15) is 67.2 Å². The monoisotopic (exact) mass is 574 g/mol. The fourth-order valence-electron chi connectivity index (χ4n) is 3.60. The Hall–Kier alpha value is -3.30. The molecule has 0 heterocycles. The number of carboxylic acids is 1. The average Bonchev–Trinajstić information content (AvgIpc) is 2.85. The summed E-state index contributed by atoms with van der Waals surface area (Å²) >= 11 is 0. The molecule has 0 aromatic heterocycles. The summed E-state index contributed by atoms with van der Waals surface area (Å²) in [5, 5.41) is 39.0. The first kappa shape index (κ1) is 36.7. The minimum absolute atomic E-state index is 0.0783. The summed E-state index contributed by atoms with van der Waals surface area (Å²) in [4.78, 5) is 74.0. The van der Waals surface area contributed by atoms with Crippen molar-refractivity contribution in [3.63, 3.8) is 0 Å². The van der Waals surface area contributed by atoms with Gasteiger partial charge in [0.15, 0.2) is 0 Å². The van der Waals surface area contributed by atoms with Crippen LogP contribution in [0.15, 0.2) is 0 Å². The van der Waals surface area contributed by atoms with Crippen LogP contribution in [0.3, 0.4) is 0 Å². The van der Waals surface area contributed by atoms with Crippen LogP contribution >= 0.6 is 0 Å². The SMILES string of the molecule is CC[C@H](C)[C@H](N)C(=O)N[C@H](C(=O)N[C@@H](CC(C)C)C(=O)N[C@H](C(=O)N[C@@H](CCC(N)=O)C(=O)O)[C@@H](C)O)[C@@H](C)O. The number of rotatable bonds is 18. The lowest BCUT2D eigenvalue weighted by molar-refractivity contribution is -0.143. The van der Waals surface area contributed by atoms with Gasteiger partial charge >= 0.3 is 5.97 Å². The Kier molecular flexibility index (Phi) is 16.0. The Balaban J connectivity index is 5.75. The maximum absolute atomic E-state index is 13.2. The van der Waals surface area contributed by atoms with E-state index in [0.29, 0.717) is 6.42 Å². The molecule has 0 aromatic rings. The van der Waals surface area contributed by atoms with Crippen LogP contribution < -0.4 is 32.7 Å². The van der Waals surface area contributed by atoms with Crippen LogP contribution in [0.5, 0.6) is 0 Å². The van der Waals surface area contributed by atoms with Gasteiger partial charge in [-0.3, -0.25) is 24.0 Å². The van der Waals surface area contributed by atoms with Crippen LogP contribution in [0.25, 0.3) is 0 Å². The van der Waals surface area contributed by atoms with Crippen molar-refractivity contribution in [3.8, 4) is 0 Å². The second-order valence-electron chi connectivity index (χ2n) is 10.5. The Morgan fingerprint density at radius 1 is 0.725 bits per heavy atom. The van der Waals surface area contributed by atoms with Crippen molar-refractivity contribution >= 4 is 35.5 Å². The quantitative estimate of drug-likeness (QED) is 0.0827. The molecule has 0 fully saturated rings. The van der Waals surface area contributed by atoms with Crippen LogP contribution in [-0.4, -0.2) is 93.2 Å². The summed E-state index contributed by atoms with van der Waals surface area (Å²) in [7, 11) is 0. The van der Waals surface area contributed by atoms with E-state index in [9.17, 15) is 44.1 Å². The van der Waals surface area contributed by atoms with Crippen LogP contribution in [0.2, 0.25) is 0 Å². The smallest absolute Gasteiger partial charge is 0.326 e. The largest absolute Gasteiger partial charge is 0.480 e. The van der Waals surface area contributed by atoms with E-state index in [-0.39, 0.29) is 31.1 Å². The lowest BCUT2D eigenvalue weighted by Crippen LogP contribution is -2.62. The zero-order valence-corrected chi connectivity index (χ0v) is 24.0. The highest BCUT2D eigenvalue weighted by Crippen LogP contribution is 2.10. The molecule has 11 N–H and O–H groups in total. The second kappa shape index (κ2) is 17.4. The van der Waals surface area contributed by atoms with Crippen LogP contribution in [-0.2, 0) is 28.8 Å². The molecule has 0 aliphatic carbocycles. The van der Waals surface area contributed by atoms with Crippen LogP contribution in [0, 0.1) is 11.8 Å². The van der Waals surface area contributed by atoms with E-state index < -0.39 is 77.9 Å². The van der Waals surface area contributed by atoms with Gasteiger partial charge < -0.3 is 48.1 Å². The molecule has 0 radical (unpaired) electrons. The Labute approximate surface area is 234 Å². The van der Waals surface area contributed by atoms with Crippen LogP contribution in [0.4, 0.5) is 0 Å². The number of aliphatic hydroxyl groups excluding tert-OH is 2. The number of carbonyl (C=O) groups excluding carboxylic acids is 5. The third kappa shape index (κ3) is 12.7. The molecule has 0 bridgehead atoms. The molecule has 0 rings (SSSR count). The second-order valence-corrected chi connectivity index (χ2v) is 10.5. The van der Waals surface area contributed by atoms with E-state index in [1.807, 2.05) is 6.92 Å². The van der Waals surface area contributed by atoms with Gasteiger partial charge in [0.1, 0.15) is 24.2 Å². The van der Waals surface area contributed by atoms with Gasteiger partial charge in [0, 0.05) is 6.42 Å². The number of aliphatic hydroxyl groups is 2. The standard InChI is InChI=1S/C25H46N6O9/c1-7-12(4)18(27)22(36)31-20(14(6)33)24(38)29-16(10-11(2)3)21(35)30-19(13(5)32)23(37)28-15(25(39)40)8-9-17(26)34/h11-16,18-20,32-33H,7-10,27H2,1-6H3,(H2,26,34)(H,28,37)(H,29,38)(H,30,35)(H,31,36)(H,39,40)/t12-,13+,14+,15-,16-,18-,19-,20-/m0/s1. The van der Waals surface area contributed by atoms with E-state index in [0.717, 1.165) is 0 Å². The first-order valence-electron chi connectivity index (χ1n) is 13.3. The van der Waals surface area contributed by atoms with Crippen molar-refractivity contribution in [3.05, 3.63) is 0 Å². The third-order valence-corrected chi connectivity index (χ3v) is 6.32. The van der Waals surface area contributed by atoms with Gasteiger partial charge in [0.2, 0.25) is 29.5 Å². The Bertz CT molecular complexity index is 896. The third-order valence-electron chi connectivity index (χ3n) is 6.32. The number of hydrogen-bond acceptors (Lipinski definition) is 9. The maximum atomic E-state index is 13.2. The van der Waals surface area contributed by atoms with Gasteiger partial charge in [-0.2, -0.15) is 0 Å². The molecular formula is C25H46N6O9. The van der Waals surface area contributed by atoms with Crippen molar-refractivity contribution in [1.29, 1.82) is 0 Å². The van der Waals surface area contributed by atoms with Crippen molar-refractivity contribution in [2.75, 3.05) is 0 Å². The number of nitrogens with one attached hydrogen (secondary N) is 4. The molecule has 40 heavy (non-hydrogen) atoms. The van der Waals surface area contributed by atoms with E-state index >= 15 is 0 Å². The lowest BCUT2D eigenvalue weighted by Gasteiger charge is -2.29. The highest BCUT2D eigenvalue weighted by molar-refractivity contribution is 5.95. The molecule has 15 nitrogen and oxygen atoms in total. The summed E-state index contributed by atoms with van der Waals surface area (Å²) in [6.07, 6.45) is -2.77. The molecule has 0 unspecified atom stereocenters. The summed E-state index contributed by atoms with van der Waals surface area (Å²) < 4.78 is 0. The summed E-state index contributed by atoms with van der Waals surface area (Å²) in [6.45, 7) is 9.60. The van der Waals surface area contributed by atoms with Gasteiger partial charge in [0.25, 0.3) is 0 Å². The number of amides is 5. The molecule has 0 aliphatic rings. The molecule has 0 spiro atoms. The summed E-state index contributed by atoms with van der Waals surface area (Å²) in [5.74, 6) is -6.01. The van der Waals surface area contributed by atoms with E-state index in [1.54, 1.807) is 20.8 Å². The molecule has 0 saturated heterocycles. The Morgan fingerprint density at radius 2 is 1.18 bits per heavy atom. The molecule has 0 aromatic carbocycles. The average molecular weight is 575 g/mol. The summed E-state index contributed by atoms with van der Waals surface area (Å²) in [6, 6.07) is -6.76. The predicted octanol–water partition coefficient (Wildman–Crippen LogP) is -2.54. The number of nitrogens with two attached hydrogens (primary N) is 2. The van der Waals surface area contributed by atoms with E-state index in [1.165, 1.54) is 13.8 Å². The van der Waals surface area contributed by atoms with E-state index in [4.69, 9.17) is 11.5 Å². The van der Waals surface area contributed by atoms with Crippen molar-refractivity contribution in [2.24, 2.45) is 23.3 Å². The zero-order chi connectivity index (χ0) is 31.3. The predicted molar refractivity (Wildman–Crippen MR) is 144 cm³/mol. The highest BCUT2D eigenvalue weighted by Gasteiger charge is 2.35. The minimum atomic E-state index is -1.62. The van der Waals surface area contributed by atoms with Crippen molar-refractivity contribution < 1.29 is 44.1 Å². The number of hydrogen-bond donors (Lipinski definition) is 9. The number of carbonyl (C=O) groups is 6. The van der Waals surface area contributed by atoms with Crippen molar-refractivity contribution in [1.82, 2.24) is 21.3 Å². The number of aliphatic carboxylic acids is 1. The zero-order valence-electron chi connectivity index (χ0n) is 24.0. The van der Waals surface area contributed by atoms with Gasteiger partial charge in [-0.15, -0.1) is 0 Å². The van der Waals surface area contributed by atoms with Gasteiger partial charge in [-0.05, 0) is 38.5 Å².